The van der Waals surface area contributed by atoms with E-state index in [0.717, 1.165) is 68.6 Å². The van der Waals surface area contributed by atoms with Gasteiger partial charge in [-0.25, -0.2) is 4.98 Å². The van der Waals surface area contributed by atoms with Crippen LogP contribution in [0.1, 0.15) is 80.6 Å². The van der Waals surface area contributed by atoms with Gasteiger partial charge in [-0.1, -0.05) is 12.8 Å². The molecular formula is C31H46Cl2N8O3. The maximum Gasteiger partial charge on any atom is 0.227 e. The van der Waals surface area contributed by atoms with Crippen LogP contribution in [0, 0.1) is 0 Å². The maximum absolute atomic E-state index is 13.0. The van der Waals surface area contributed by atoms with Gasteiger partial charge in [0.1, 0.15) is 0 Å². The van der Waals surface area contributed by atoms with Crippen molar-refractivity contribution in [3.05, 3.63) is 30.1 Å². The van der Waals surface area contributed by atoms with E-state index < -0.39 is 0 Å². The number of likely N-dealkylation sites (tertiary alicyclic amines) is 1. The number of halogens is 2. The van der Waals surface area contributed by atoms with Gasteiger partial charge in [0, 0.05) is 42.8 Å². The summed E-state index contributed by atoms with van der Waals surface area (Å²) in [5, 5.41) is 7.33. The zero-order valence-electron chi connectivity index (χ0n) is 25.7. The SMILES string of the molecule is COc1ccc(C(=O)CN2CCC(Nc3nc(NC4CCC(N)CC4)nc4c3ncn4C3CCCC3)CC2)cc1OC.Cl.Cl. The fourth-order valence-corrected chi connectivity index (χ4v) is 6.71. The van der Waals surface area contributed by atoms with Crippen molar-refractivity contribution < 1.29 is 14.3 Å². The van der Waals surface area contributed by atoms with Gasteiger partial charge in [-0.05, 0) is 69.6 Å². The van der Waals surface area contributed by atoms with Gasteiger partial charge in [-0.3, -0.25) is 9.69 Å². The minimum absolute atomic E-state index is 0. The van der Waals surface area contributed by atoms with E-state index in [1.807, 2.05) is 6.33 Å². The highest BCUT2D eigenvalue weighted by Crippen LogP contribution is 2.34. The molecule has 0 bridgehead atoms. The number of hydrogen-bond donors (Lipinski definition) is 3. The molecule has 3 heterocycles. The van der Waals surface area contributed by atoms with Crippen LogP contribution in [-0.2, 0) is 0 Å². The number of anilines is 2. The Hall–Kier alpha value is -2.86. The van der Waals surface area contributed by atoms with E-state index in [1.54, 1.807) is 32.4 Å². The van der Waals surface area contributed by atoms with Crippen molar-refractivity contribution in [2.24, 2.45) is 5.73 Å². The van der Waals surface area contributed by atoms with Gasteiger partial charge in [-0.15, -0.1) is 24.8 Å². The van der Waals surface area contributed by atoms with E-state index in [1.165, 1.54) is 25.7 Å². The lowest BCUT2D eigenvalue weighted by Gasteiger charge is -2.32. The standard InChI is InChI=1S/C31H44N8O3.2ClH/c1-41-26-12-7-20(17-27(26)42-2)25(40)18-38-15-13-23(14-16-38)34-29-28-30(39(19-33-28)24-5-3-4-6-24)37-31(36-29)35-22-10-8-21(32)9-11-22;;/h7,12,17,19,21-24H,3-6,8-11,13-16,18,32H2,1-2H3,(H2,34,35,36,37);2*1H. The summed E-state index contributed by atoms with van der Waals surface area (Å²) in [6.07, 6.45) is 12.7. The molecule has 13 heteroatoms. The Morgan fingerprint density at radius 1 is 0.909 bits per heavy atom. The summed E-state index contributed by atoms with van der Waals surface area (Å²) < 4.78 is 12.9. The summed E-state index contributed by atoms with van der Waals surface area (Å²) in [6.45, 7) is 2.04. The lowest BCUT2D eigenvalue weighted by molar-refractivity contribution is 0.0911. The van der Waals surface area contributed by atoms with Crippen molar-refractivity contribution in [1.82, 2.24) is 24.4 Å². The molecule has 3 aliphatic rings. The van der Waals surface area contributed by atoms with Crippen LogP contribution >= 0.6 is 24.8 Å². The number of nitrogens with two attached hydrogens (primary N) is 1. The highest BCUT2D eigenvalue weighted by atomic mass is 35.5. The second-order valence-electron chi connectivity index (χ2n) is 12.1. The molecule has 11 nitrogen and oxygen atoms in total. The minimum atomic E-state index is 0. The average Bonchev–Trinajstić information content (AvgIpc) is 3.69. The Morgan fingerprint density at radius 3 is 2.27 bits per heavy atom. The van der Waals surface area contributed by atoms with Crippen LogP contribution in [0.5, 0.6) is 11.5 Å². The second-order valence-corrected chi connectivity index (χ2v) is 12.1. The molecule has 0 amide bonds. The summed E-state index contributed by atoms with van der Waals surface area (Å²) in [6, 6.07) is 6.67. The first kappa shape index (κ1) is 34.0. The number of benzene rings is 1. The quantitative estimate of drug-likeness (QED) is 0.251. The molecule has 4 N–H and O–H groups in total. The summed E-state index contributed by atoms with van der Waals surface area (Å²) in [4.78, 5) is 30.0. The molecule has 1 aromatic carbocycles. The van der Waals surface area contributed by atoms with E-state index in [4.69, 9.17) is 30.2 Å². The number of methoxy groups -OCH3 is 2. The third-order valence-corrected chi connectivity index (χ3v) is 9.25. The van der Waals surface area contributed by atoms with Gasteiger partial charge in [0.25, 0.3) is 0 Å². The number of carbonyl (C=O) groups is 1. The Morgan fingerprint density at radius 2 is 1.59 bits per heavy atom. The normalized spacial score (nSPS) is 21.3. The van der Waals surface area contributed by atoms with E-state index in [2.05, 4.69) is 20.1 Å². The molecule has 44 heavy (non-hydrogen) atoms. The first-order valence-corrected chi connectivity index (χ1v) is 15.5. The van der Waals surface area contributed by atoms with Gasteiger partial charge >= 0.3 is 0 Å². The fourth-order valence-electron chi connectivity index (χ4n) is 6.71. The minimum Gasteiger partial charge on any atom is -0.493 e. The zero-order valence-corrected chi connectivity index (χ0v) is 27.3. The number of nitrogens with one attached hydrogen (secondary N) is 2. The lowest BCUT2D eigenvalue weighted by atomic mass is 9.92. The smallest absolute Gasteiger partial charge is 0.227 e. The molecule has 6 rings (SSSR count). The van der Waals surface area contributed by atoms with Crippen molar-refractivity contribution in [2.75, 3.05) is 44.5 Å². The highest BCUT2D eigenvalue weighted by Gasteiger charge is 2.27. The summed E-state index contributed by atoms with van der Waals surface area (Å²) in [5.41, 5.74) is 8.52. The summed E-state index contributed by atoms with van der Waals surface area (Å²) >= 11 is 0. The average molecular weight is 650 g/mol. The Balaban J connectivity index is 0.00000221. The second kappa shape index (κ2) is 15.4. The first-order valence-electron chi connectivity index (χ1n) is 15.5. The first-order chi connectivity index (χ1) is 20.5. The number of aromatic nitrogens is 4. The molecule has 1 aliphatic heterocycles. The number of hydrogen-bond acceptors (Lipinski definition) is 10. The van der Waals surface area contributed by atoms with E-state index in [0.29, 0.717) is 47.7 Å². The van der Waals surface area contributed by atoms with Gasteiger partial charge < -0.3 is 30.4 Å². The Labute approximate surface area is 271 Å². The number of rotatable bonds is 10. The van der Waals surface area contributed by atoms with Crippen LogP contribution in [0.15, 0.2) is 24.5 Å². The third kappa shape index (κ3) is 7.67. The molecular weight excluding hydrogens is 603 g/mol. The van der Waals surface area contributed by atoms with Crippen molar-refractivity contribution in [3.8, 4) is 11.5 Å². The number of carbonyl (C=O) groups excluding carboxylic acids is 1. The molecule has 2 aliphatic carbocycles. The van der Waals surface area contributed by atoms with Crippen LogP contribution in [0.2, 0.25) is 0 Å². The van der Waals surface area contributed by atoms with Crippen LogP contribution in [0.3, 0.4) is 0 Å². The van der Waals surface area contributed by atoms with Crippen LogP contribution in [0.25, 0.3) is 11.2 Å². The van der Waals surface area contributed by atoms with Gasteiger partial charge in [0.05, 0.1) is 27.1 Å². The number of nitrogens with zero attached hydrogens (tertiary/aromatic N) is 5. The molecule has 2 aromatic heterocycles. The van der Waals surface area contributed by atoms with Gasteiger partial charge in [0.15, 0.2) is 34.3 Å². The van der Waals surface area contributed by atoms with Crippen molar-refractivity contribution >= 4 is 53.5 Å². The fraction of sp³-hybridized carbons (Fsp3) is 0.613. The number of ketones is 1. The predicted octanol–water partition coefficient (Wildman–Crippen LogP) is 5.24. The molecule has 0 spiro atoms. The number of Topliss-reactive ketones (excluding diaryl/α,β-unsaturated/α-hetero) is 1. The van der Waals surface area contributed by atoms with Crippen LogP contribution in [0.4, 0.5) is 11.8 Å². The maximum atomic E-state index is 13.0. The number of fused-ring (bicyclic) bond motifs is 1. The Bertz CT molecular complexity index is 1380. The van der Waals surface area contributed by atoms with E-state index in [-0.39, 0.29) is 36.6 Å². The van der Waals surface area contributed by atoms with Gasteiger partial charge in [-0.2, -0.15) is 9.97 Å². The predicted molar refractivity (Wildman–Crippen MR) is 178 cm³/mol. The number of ether oxygens (including phenoxy) is 2. The highest BCUT2D eigenvalue weighted by molar-refractivity contribution is 5.98. The van der Waals surface area contributed by atoms with Crippen molar-refractivity contribution in [2.45, 2.75) is 88.4 Å². The molecule has 0 radical (unpaired) electrons. The van der Waals surface area contributed by atoms with Gasteiger partial charge in [0.2, 0.25) is 5.95 Å². The topological polar surface area (TPSA) is 132 Å². The molecule has 0 atom stereocenters. The monoisotopic (exact) mass is 648 g/mol. The lowest BCUT2D eigenvalue weighted by Crippen LogP contribution is -2.41. The van der Waals surface area contributed by atoms with E-state index in [9.17, 15) is 4.79 Å². The third-order valence-electron chi connectivity index (χ3n) is 9.25. The molecule has 0 unspecified atom stereocenters. The summed E-state index contributed by atoms with van der Waals surface area (Å²) in [7, 11) is 3.18. The molecule has 1 saturated heterocycles. The van der Waals surface area contributed by atoms with Crippen LogP contribution in [-0.4, -0.2) is 82.2 Å². The molecule has 242 valence electrons. The molecule has 2 saturated carbocycles. The van der Waals surface area contributed by atoms with Crippen molar-refractivity contribution in [3.63, 3.8) is 0 Å². The largest absolute Gasteiger partial charge is 0.493 e. The Kier molecular flexibility index (Phi) is 11.9. The van der Waals surface area contributed by atoms with Crippen molar-refractivity contribution in [1.29, 1.82) is 0 Å². The molecule has 3 aromatic rings. The zero-order chi connectivity index (χ0) is 29.1. The summed E-state index contributed by atoms with van der Waals surface area (Å²) in [5.74, 6) is 2.74. The number of piperidine rings is 1. The number of imidazole rings is 1. The van der Waals surface area contributed by atoms with Crippen LogP contribution < -0.4 is 25.8 Å². The molecule has 3 fully saturated rings. The van der Waals surface area contributed by atoms with E-state index >= 15 is 0 Å².